The second-order valence-corrected chi connectivity index (χ2v) is 15.7. The van der Waals surface area contributed by atoms with Gasteiger partial charge in [-0.3, -0.25) is 0 Å². The Kier molecular flexibility index (Phi) is 7.27. The quantitative estimate of drug-likeness (QED) is 0.141. The number of benzene rings is 7. The molecule has 0 amide bonds. The van der Waals surface area contributed by atoms with Crippen LogP contribution < -0.4 is 20.7 Å². The highest BCUT2D eigenvalue weighted by molar-refractivity contribution is 7.20. The smallest absolute Gasteiger partial charge is 0.180 e. The van der Waals surface area contributed by atoms with E-state index in [9.17, 15) is 10.5 Å². The Morgan fingerprint density at radius 1 is 0.458 bits per heavy atom. The van der Waals surface area contributed by atoms with Gasteiger partial charge in [-0.1, -0.05) is 140 Å². The molecule has 48 heavy (non-hydrogen) atoms. The van der Waals surface area contributed by atoms with Crippen LogP contribution in [0.1, 0.15) is 11.1 Å². The van der Waals surface area contributed by atoms with Crippen molar-refractivity contribution in [2.24, 2.45) is 0 Å². The van der Waals surface area contributed by atoms with E-state index in [0.29, 0.717) is 11.1 Å². The molecule has 0 fully saturated rings. The maximum atomic E-state index is 10.8. The van der Waals surface area contributed by atoms with Crippen LogP contribution in [0.2, 0.25) is 0 Å². The van der Waals surface area contributed by atoms with Gasteiger partial charge in [0, 0.05) is 16.3 Å². The van der Waals surface area contributed by atoms with E-state index in [0.717, 1.165) is 38.6 Å². The van der Waals surface area contributed by atoms with Crippen LogP contribution >= 0.6 is 0 Å². The SMILES string of the molecule is N#Cc1ccc2c(c1)c1ccccc1n2-c1cccc(C#N)c1-c1ccccc1[Si](c1ccccc1)(c1ccccc1)c1ccccc1. The van der Waals surface area contributed by atoms with Gasteiger partial charge in [0.25, 0.3) is 0 Å². The summed E-state index contributed by atoms with van der Waals surface area (Å²) in [6.45, 7) is 0. The highest BCUT2D eigenvalue weighted by atomic mass is 28.3. The molecule has 7 aromatic carbocycles. The number of aromatic nitrogens is 1. The Morgan fingerprint density at radius 2 is 1.02 bits per heavy atom. The van der Waals surface area contributed by atoms with Crippen LogP contribution in [0.4, 0.5) is 0 Å². The lowest BCUT2D eigenvalue weighted by atomic mass is 9.97. The fourth-order valence-electron chi connectivity index (χ4n) is 7.46. The van der Waals surface area contributed by atoms with Crippen molar-refractivity contribution in [3.05, 3.63) is 187 Å². The van der Waals surface area contributed by atoms with Crippen LogP contribution in [0.15, 0.2) is 176 Å². The lowest BCUT2D eigenvalue weighted by Gasteiger charge is -2.36. The van der Waals surface area contributed by atoms with E-state index < -0.39 is 8.07 Å². The van der Waals surface area contributed by atoms with Crippen molar-refractivity contribution in [3.8, 4) is 29.0 Å². The molecular weight excluding hydrogens is 599 g/mol. The van der Waals surface area contributed by atoms with Gasteiger partial charge >= 0.3 is 0 Å². The lowest BCUT2D eigenvalue weighted by Crippen LogP contribution is -2.75. The summed E-state index contributed by atoms with van der Waals surface area (Å²) in [5.41, 5.74) is 6.09. The lowest BCUT2D eigenvalue weighted by molar-refractivity contribution is 1.18. The Balaban J connectivity index is 1.53. The summed E-state index contributed by atoms with van der Waals surface area (Å²) in [7, 11) is -2.95. The fraction of sp³-hybridized carbons (Fsp3) is 0. The number of para-hydroxylation sites is 1. The Morgan fingerprint density at radius 3 is 1.65 bits per heavy atom. The average molecular weight is 628 g/mol. The maximum Gasteiger partial charge on any atom is 0.180 e. The van der Waals surface area contributed by atoms with E-state index in [2.05, 4.69) is 150 Å². The van der Waals surface area contributed by atoms with Crippen LogP contribution in [0.25, 0.3) is 38.6 Å². The summed E-state index contributed by atoms with van der Waals surface area (Å²) in [5, 5.41) is 27.6. The molecule has 0 radical (unpaired) electrons. The molecular formula is C44H29N3Si. The fourth-order valence-corrected chi connectivity index (χ4v) is 12.4. The zero-order valence-electron chi connectivity index (χ0n) is 26.1. The molecule has 0 spiro atoms. The van der Waals surface area contributed by atoms with Gasteiger partial charge in [0.1, 0.15) is 0 Å². The summed E-state index contributed by atoms with van der Waals surface area (Å²) < 4.78 is 2.26. The van der Waals surface area contributed by atoms with Crippen LogP contribution in [0.3, 0.4) is 0 Å². The topological polar surface area (TPSA) is 52.5 Å². The number of nitriles is 2. The number of hydrogen-bond acceptors (Lipinski definition) is 2. The third kappa shape index (κ3) is 4.48. The molecule has 1 aromatic heterocycles. The van der Waals surface area contributed by atoms with E-state index in [4.69, 9.17) is 0 Å². The molecule has 0 atom stereocenters. The first-order chi connectivity index (χ1) is 23.8. The molecule has 0 bridgehead atoms. The van der Waals surface area contributed by atoms with Crippen molar-refractivity contribution < 1.29 is 0 Å². The number of hydrogen-bond donors (Lipinski definition) is 0. The minimum atomic E-state index is -2.95. The van der Waals surface area contributed by atoms with Crippen LogP contribution in [0.5, 0.6) is 0 Å². The predicted molar refractivity (Wildman–Crippen MR) is 199 cm³/mol. The van der Waals surface area contributed by atoms with Gasteiger partial charge in [-0.05, 0) is 62.7 Å². The first kappa shape index (κ1) is 29.0. The van der Waals surface area contributed by atoms with E-state index in [1.54, 1.807) is 0 Å². The Bertz CT molecular complexity index is 2430. The molecule has 8 aromatic rings. The molecule has 0 aliphatic carbocycles. The second kappa shape index (κ2) is 12.0. The third-order valence-corrected chi connectivity index (χ3v) is 14.3. The van der Waals surface area contributed by atoms with E-state index >= 15 is 0 Å². The number of fused-ring (bicyclic) bond motifs is 3. The minimum absolute atomic E-state index is 0.608. The van der Waals surface area contributed by atoms with Crippen LogP contribution in [0, 0.1) is 22.7 Å². The maximum absolute atomic E-state index is 10.8. The molecule has 0 N–H and O–H groups in total. The summed E-state index contributed by atoms with van der Waals surface area (Å²) in [6, 6.07) is 66.4. The molecule has 0 aliphatic heterocycles. The van der Waals surface area contributed by atoms with Crippen molar-refractivity contribution in [1.29, 1.82) is 10.5 Å². The molecule has 0 saturated carbocycles. The van der Waals surface area contributed by atoms with E-state index in [1.165, 1.54) is 20.7 Å². The monoisotopic (exact) mass is 627 g/mol. The zero-order valence-corrected chi connectivity index (χ0v) is 27.1. The van der Waals surface area contributed by atoms with Gasteiger partial charge in [-0.2, -0.15) is 10.5 Å². The highest BCUT2D eigenvalue weighted by Gasteiger charge is 2.43. The first-order valence-corrected chi connectivity index (χ1v) is 18.0. The van der Waals surface area contributed by atoms with Gasteiger partial charge in [-0.15, -0.1) is 0 Å². The van der Waals surface area contributed by atoms with Crippen molar-refractivity contribution in [2.75, 3.05) is 0 Å². The molecule has 8 rings (SSSR count). The summed E-state index contributed by atoms with van der Waals surface area (Å²) in [6.07, 6.45) is 0. The first-order valence-electron chi connectivity index (χ1n) is 16.0. The Hall–Kier alpha value is -6.46. The van der Waals surface area contributed by atoms with Gasteiger partial charge in [0.15, 0.2) is 8.07 Å². The summed E-state index contributed by atoms with van der Waals surface area (Å²) >= 11 is 0. The molecule has 1 heterocycles. The molecule has 0 unspecified atom stereocenters. The number of nitrogens with zero attached hydrogens (tertiary/aromatic N) is 3. The van der Waals surface area contributed by atoms with Crippen LogP contribution in [-0.4, -0.2) is 12.6 Å². The standard InChI is InChI=1S/C44H29N3Si/c45-30-32-27-28-41-39(29-32)37-22-10-12-24-40(37)47(41)42-25-14-15-33(31-46)44(42)38-23-11-13-26-43(38)48(34-16-4-1-5-17-34,35-18-6-2-7-19-35)36-20-8-3-9-21-36/h1-29H. The zero-order chi connectivity index (χ0) is 32.5. The van der Waals surface area contributed by atoms with E-state index in [1.807, 2.05) is 42.5 Å². The number of rotatable bonds is 6. The summed E-state index contributed by atoms with van der Waals surface area (Å²) in [4.78, 5) is 0. The van der Waals surface area contributed by atoms with Gasteiger partial charge in [-0.25, -0.2) is 0 Å². The molecule has 224 valence electrons. The summed E-state index contributed by atoms with van der Waals surface area (Å²) in [5.74, 6) is 0. The van der Waals surface area contributed by atoms with Crippen molar-refractivity contribution >= 4 is 50.6 Å². The minimum Gasteiger partial charge on any atom is -0.309 e. The van der Waals surface area contributed by atoms with Gasteiger partial charge in [0.05, 0.1) is 40.0 Å². The predicted octanol–water partition coefficient (Wildman–Crippen LogP) is 7.57. The van der Waals surface area contributed by atoms with Gasteiger partial charge < -0.3 is 4.57 Å². The van der Waals surface area contributed by atoms with Gasteiger partial charge in [0.2, 0.25) is 0 Å². The van der Waals surface area contributed by atoms with Crippen molar-refractivity contribution in [1.82, 2.24) is 4.57 Å². The molecule has 0 saturated heterocycles. The largest absolute Gasteiger partial charge is 0.309 e. The highest BCUT2D eigenvalue weighted by Crippen LogP contribution is 2.38. The normalized spacial score (nSPS) is 11.3. The van der Waals surface area contributed by atoms with Crippen molar-refractivity contribution in [2.45, 2.75) is 0 Å². The average Bonchev–Trinajstić information content (AvgIpc) is 3.50. The molecule has 4 heteroatoms. The van der Waals surface area contributed by atoms with Crippen molar-refractivity contribution in [3.63, 3.8) is 0 Å². The Labute approximate surface area is 280 Å². The molecule has 0 aliphatic rings. The van der Waals surface area contributed by atoms with E-state index in [-0.39, 0.29) is 0 Å². The van der Waals surface area contributed by atoms with Crippen LogP contribution in [-0.2, 0) is 0 Å². The molecule has 3 nitrogen and oxygen atoms in total. The second-order valence-electron chi connectivity index (χ2n) is 11.9. The third-order valence-electron chi connectivity index (χ3n) is 9.43.